The molecule has 1 saturated carbocycles. The number of aliphatic carboxylic acids is 1. The van der Waals surface area contributed by atoms with E-state index in [1.165, 1.54) is 6.42 Å². The van der Waals surface area contributed by atoms with Crippen molar-refractivity contribution in [2.75, 3.05) is 11.9 Å². The van der Waals surface area contributed by atoms with E-state index >= 15 is 0 Å². The maximum Gasteiger partial charge on any atom is 0.322 e. The number of carbonyl (C=O) groups excluding carboxylic acids is 2. The minimum atomic E-state index is -1.07. The highest BCUT2D eigenvalue weighted by atomic mass is 16.4. The van der Waals surface area contributed by atoms with Crippen LogP contribution in [0.3, 0.4) is 0 Å². The average molecular weight is 318 g/mol. The Morgan fingerprint density at radius 1 is 1.04 bits per heavy atom. The Kier molecular flexibility index (Phi) is 6.14. The van der Waals surface area contributed by atoms with Gasteiger partial charge in [-0.3, -0.25) is 14.4 Å². The van der Waals surface area contributed by atoms with Crippen LogP contribution < -0.4 is 10.6 Å². The molecular weight excluding hydrogens is 296 g/mol. The first-order valence-electron chi connectivity index (χ1n) is 7.93. The van der Waals surface area contributed by atoms with E-state index in [1.807, 2.05) is 0 Å². The zero-order chi connectivity index (χ0) is 16.7. The number of amides is 2. The molecule has 0 aliphatic heterocycles. The van der Waals surface area contributed by atoms with Crippen LogP contribution in [0.2, 0.25) is 0 Å². The van der Waals surface area contributed by atoms with Crippen molar-refractivity contribution >= 4 is 23.5 Å². The number of carboxylic acids is 1. The van der Waals surface area contributed by atoms with Gasteiger partial charge in [-0.25, -0.2) is 0 Å². The van der Waals surface area contributed by atoms with E-state index in [4.69, 9.17) is 5.11 Å². The number of carbonyl (C=O) groups is 3. The smallest absolute Gasteiger partial charge is 0.322 e. The fourth-order valence-corrected chi connectivity index (χ4v) is 2.74. The Hall–Kier alpha value is -2.37. The summed E-state index contributed by atoms with van der Waals surface area (Å²) < 4.78 is 0. The molecule has 0 radical (unpaired) electrons. The minimum absolute atomic E-state index is 0.0663. The van der Waals surface area contributed by atoms with Gasteiger partial charge in [-0.2, -0.15) is 0 Å². The number of hydrogen-bond donors (Lipinski definition) is 3. The number of rotatable bonds is 6. The van der Waals surface area contributed by atoms with Crippen molar-refractivity contribution in [2.45, 2.75) is 38.5 Å². The molecule has 1 aromatic rings. The van der Waals surface area contributed by atoms with Crippen LogP contribution in [0.5, 0.6) is 0 Å². The molecule has 0 bridgehead atoms. The third-order valence-corrected chi connectivity index (χ3v) is 4.00. The first-order valence-corrected chi connectivity index (χ1v) is 7.93. The van der Waals surface area contributed by atoms with E-state index in [1.54, 1.807) is 24.3 Å². The van der Waals surface area contributed by atoms with Gasteiger partial charge in [0.15, 0.2) is 0 Å². The van der Waals surface area contributed by atoms with Gasteiger partial charge in [-0.15, -0.1) is 0 Å². The Bertz CT molecular complexity index is 562. The molecule has 3 N–H and O–H groups in total. The molecule has 6 heteroatoms. The van der Waals surface area contributed by atoms with Gasteiger partial charge in [-0.1, -0.05) is 31.4 Å². The molecule has 0 spiro atoms. The minimum Gasteiger partial charge on any atom is -0.480 e. The highest BCUT2D eigenvalue weighted by Gasteiger charge is 2.20. The topological polar surface area (TPSA) is 95.5 Å². The summed E-state index contributed by atoms with van der Waals surface area (Å²) in [6, 6.07) is 7.05. The number of hydrogen-bond acceptors (Lipinski definition) is 3. The van der Waals surface area contributed by atoms with Gasteiger partial charge in [0.2, 0.25) is 11.8 Å². The summed E-state index contributed by atoms with van der Waals surface area (Å²) in [5.41, 5.74) is 1.49. The van der Waals surface area contributed by atoms with Gasteiger partial charge < -0.3 is 15.7 Å². The third kappa shape index (κ3) is 5.73. The van der Waals surface area contributed by atoms with Crippen molar-refractivity contribution in [1.29, 1.82) is 0 Å². The summed E-state index contributed by atoms with van der Waals surface area (Å²) in [6.07, 6.45) is 5.46. The van der Waals surface area contributed by atoms with Gasteiger partial charge in [-0.05, 0) is 30.5 Å². The van der Waals surface area contributed by atoms with Gasteiger partial charge in [0.05, 0.1) is 6.42 Å². The molecule has 0 atom stereocenters. The van der Waals surface area contributed by atoms with Crippen LogP contribution in [0.15, 0.2) is 24.3 Å². The molecule has 2 amide bonds. The Morgan fingerprint density at radius 3 is 2.30 bits per heavy atom. The molecule has 2 rings (SSSR count). The van der Waals surface area contributed by atoms with Gasteiger partial charge in [0.1, 0.15) is 6.54 Å². The van der Waals surface area contributed by atoms with Crippen LogP contribution in [0, 0.1) is 5.92 Å². The molecule has 1 aliphatic rings. The maximum absolute atomic E-state index is 12.1. The Labute approximate surface area is 135 Å². The first kappa shape index (κ1) is 17.0. The molecule has 6 nitrogen and oxygen atoms in total. The lowest BCUT2D eigenvalue weighted by Gasteiger charge is -2.20. The molecular formula is C17H22N2O4. The monoisotopic (exact) mass is 318 g/mol. The zero-order valence-electron chi connectivity index (χ0n) is 13.0. The number of carboxylic acid groups (broad SMARTS) is 1. The molecule has 0 aromatic heterocycles. The molecule has 1 fully saturated rings. The summed E-state index contributed by atoms with van der Waals surface area (Å²) in [5, 5.41) is 13.7. The van der Waals surface area contributed by atoms with Crippen molar-refractivity contribution in [3.8, 4) is 0 Å². The Balaban J connectivity index is 1.82. The van der Waals surface area contributed by atoms with Crippen LogP contribution in [0.25, 0.3) is 0 Å². The molecule has 0 saturated heterocycles. The van der Waals surface area contributed by atoms with Crippen LogP contribution in [0.4, 0.5) is 5.69 Å². The molecule has 1 aliphatic carbocycles. The lowest BCUT2D eigenvalue weighted by atomic mass is 9.88. The van der Waals surface area contributed by atoms with E-state index < -0.39 is 5.97 Å². The highest BCUT2D eigenvalue weighted by molar-refractivity contribution is 5.92. The number of benzene rings is 1. The quantitative estimate of drug-likeness (QED) is 0.747. The normalized spacial score (nSPS) is 15.0. The standard InChI is InChI=1S/C17H22N2O4/c20-15(18-11-16(21)22)10-12-6-8-14(9-7-12)19-17(23)13-4-2-1-3-5-13/h6-9,13H,1-5,10-11H2,(H,18,20)(H,19,23)(H,21,22). The fraction of sp³-hybridized carbons (Fsp3) is 0.471. The third-order valence-electron chi connectivity index (χ3n) is 4.00. The molecule has 1 aromatic carbocycles. The lowest BCUT2D eigenvalue weighted by molar-refractivity contribution is -0.137. The largest absolute Gasteiger partial charge is 0.480 e. The second kappa shape index (κ2) is 8.31. The van der Waals surface area contributed by atoms with E-state index in [9.17, 15) is 14.4 Å². The fourth-order valence-electron chi connectivity index (χ4n) is 2.74. The van der Waals surface area contributed by atoms with E-state index in [-0.39, 0.29) is 30.7 Å². The Morgan fingerprint density at radius 2 is 1.70 bits per heavy atom. The molecule has 0 unspecified atom stereocenters. The molecule has 23 heavy (non-hydrogen) atoms. The second-order valence-electron chi connectivity index (χ2n) is 5.87. The maximum atomic E-state index is 12.1. The van der Waals surface area contributed by atoms with Crippen molar-refractivity contribution in [3.63, 3.8) is 0 Å². The second-order valence-corrected chi connectivity index (χ2v) is 5.87. The zero-order valence-corrected chi connectivity index (χ0v) is 13.0. The predicted octanol–water partition coefficient (Wildman–Crippen LogP) is 1.95. The first-order chi connectivity index (χ1) is 11.0. The summed E-state index contributed by atoms with van der Waals surface area (Å²) in [5.74, 6) is -1.24. The van der Waals surface area contributed by atoms with Gasteiger partial charge in [0.25, 0.3) is 0 Å². The van der Waals surface area contributed by atoms with Gasteiger partial charge in [0, 0.05) is 11.6 Å². The highest BCUT2D eigenvalue weighted by Crippen LogP contribution is 2.25. The van der Waals surface area contributed by atoms with Crippen LogP contribution in [0.1, 0.15) is 37.7 Å². The van der Waals surface area contributed by atoms with Crippen LogP contribution >= 0.6 is 0 Å². The SMILES string of the molecule is O=C(O)CNC(=O)Cc1ccc(NC(=O)C2CCCCC2)cc1. The lowest BCUT2D eigenvalue weighted by Crippen LogP contribution is -2.30. The van der Waals surface area contributed by atoms with E-state index in [0.717, 1.165) is 36.9 Å². The van der Waals surface area contributed by atoms with Crippen molar-refractivity contribution in [3.05, 3.63) is 29.8 Å². The van der Waals surface area contributed by atoms with E-state index in [0.29, 0.717) is 0 Å². The van der Waals surface area contributed by atoms with Crippen LogP contribution in [-0.4, -0.2) is 29.4 Å². The van der Waals surface area contributed by atoms with Crippen LogP contribution in [-0.2, 0) is 20.8 Å². The van der Waals surface area contributed by atoms with Gasteiger partial charge >= 0.3 is 5.97 Å². The number of anilines is 1. The molecule has 0 heterocycles. The molecule has 124 valence electrons. The number of nitrogens with one attached hydrogen (secondary N) is 2. The summed E-state index contributed by atoms with van der Waals surface area (Å²) in [7, 11) is 0. The predicted molar refractivity (Wildman–Crippen MR) is 86.0 cm³/mol. The summed E-state index contributed by atoms with van der Waals surface area (Å²) >= 11 is 0. The summed E-state index contributed by atoms with van der Waals surface area (Å²) in [4.78, 5) is 34.1. The van der Waals surface area contributed by atoms with Crippen molar-refractivity contribution in [2.24, 2.45) is 5.92 Å². The van der Waals surface area contributed by atoms with E-state index in [2.05, 4.69) is 10.6 Å². The van der Waals surface area contributed by atoms with Crippen molar-refractivity contribution < 1.29 is 19.5 Å². The van der Waals surface area contributed by atoms with Crippen molar-refractivity contribution in [1.82, 2.24) is 5.32 Å². The average Bonchev–Trinajstić information content (AvgIpc) is 2.55. The summed E-state index contributed by atoms with van der Waals surface area (Å²) in [6.45, 7) is -0.381.